The number of hydrogen-bond donors (Lipinski definition) is 1. The van der Waals surface area contributed by atoms with Crippen molar-refractivity contribution >= 4 is 0 Å². The van der Waals surface area contributed by atoms with E-state index in [0.29, 0.717) is 12.1 Å². The first kappa shape index (κ1) is 11.7. The second kappa shape index (κ2) is 5.06. The molecule has 0 aliphatic rings. The van der Waals surface area contributed by atoms with E-state index in [9.17, 15) is 9.50 Å². The summed E-state index contributed by atoms with van der Waals surface area (Å²) in [6.07, 6.45) is 2.41. The summed E-state index contributed by atoms with van der Waals surface area (Å²) in [6.45, 7) is 2.18. The van der Waals surface area contributed by atoms with Crippen LogP contribution in [0.4, 0.5) is 4.39 Å². The van der Waals surface area contributed by atoms with Gasteiger partial charge in [0.15, 0.2) is 18.6 Å². The van der Waals surface area contributed by atoms with Gasteiger partial charge in [0, 0.05) is 17.2 Å². The van der Waals surface area contributed by atoms with Crippen molar-refractivity contribution in [2.75, 3.05) is 0 Å². The molecule has 2 aromatic rings. The van der Waals surface area contributed by atoms with Gasteiger partial charge in [-0.2, -0.15) is 8.96 Å². The highest BCUT2D eigenvalue weighted by atomic mass is 19.1. The van der Waals surface area contributed by atoms with E-state index < -0.39 is 6.10 Å². The number of rotatable bonds is 3. The molecule has 0 aliphatic heterocycles. The van der Waals surface area contributed by atoms with Crippen LogP contribution in [0.5, 0.6) is 0 Å². The third-order valence-corrected chi connectivity index (χ3v) is 2.66. The minimum atomic E-state index is -0.777. The minimum Gasteiger partial charge on any atom is -0.389 e. The first-order valence-corrected chi connectivity index (χ1v) is 5.57. The van der Waals surface area contributed by atoms with Crippen molar-refractivity contribution in [2.45, 2.75) is 19.6 Å². The Kier molecular flexibility index (Phi) is 3.49. The van der Waals surface area contributed by atoms with Crippen molar-refractivity contribution < 1.29 is 14.1 Å². The summed E-state index contributed by atoms with van der Waals surface area (Å²) in [5, 5.41) is 9.34. The van der Waals surface area contributed by atoms with Crippen LogP contribution in [0.2, 0.25) is 0 Å². The fourth-order valence-corrected chi connectivity index (χ4v) is 1.75. The van der Waals surface area contributed by atoms with Crippen LogP contribution in [0.15, 0.2) is 48.8 Å². The lowest BCUT2D eigenvalue weighted by Crippen LogP contribution is -2.34. The Labute approximate surface area is 100.0 Å². The molecule has 1 heterocycles. The molecule has 88 valence electrons. The Balaban J connectivity index is 2.21. The van der Waals surface area contributed by atoms with E-state index in [4.69, 9.17) is 0 Å². The fourth-order valence-electron chi connectivity index (χ4n) is 1.75. The smallest absolute Gasteiger partial charge is 0.205 e. The topological polar surface area (TPSA) is 24.1 Å². The van der Waals surface area contributed by atoms with Gasteiger partial charge in [-0.25, -0.2) is 0 Å². The molecular formula is C14H15FNO+. The number of nitrogens with zero attached hydrogens (tertiary/aromatic N) is 1. The van der Waals surface area contributed by atoms with Gasteiger partial charge in [-0.1, -0.05) is 30.3 Å². The summed E-state index contributed by atoms with van der Waals surface area (Å²) in [4.78, 5) is 0. The molecule has 0 radical (unpaired) electrons. The highest BCUT2D eigenvalue weighted by Crippen LogP contribution is 2.13. The zero-order valence-electron chi connectivity index (χ0n) is 9.68. The Hall–Kier alpha value is -1.74. The first-order valence-electron chi connectivity index (χ1n) is 5.57. The number of halogens is 1. The molecular weight excluding hydrogens is 217 g/mol. The molecule has 3 heteroatoms. The van der Waals surface area contributed by atoms with E-state index in [2.05, 4.69) is 0 Å². The molecule has 0 spiro atoms. The van der Waals surface area contributed by atoms with Crippen LogP contribution in [-0.2, 0) is 6.54 Å². The molecule has 0 amide bonds. The second-order valence-corrected chi connectivity index (χ2v) is 4.08. The Morgan fingerprint density at radius 2 is 1.94 bits per heavy atom. The van der Waals surface area contributed by atoms with Gasteiger partial charge < -0.3 is 5.11 Å². The standard InChI is InChI=1S/C14H15FNO/c1-11(17)13-7-8-16(10-14(13)15)9-12-5-3-2-4-6-12/h2-8,10-11,17H,9H2,1H3/q+1. The van der Waals surface area contributed by atoms with Crippen LogP contribution in [0, 0.1) is 5.82 Å². The summed E-state index contributed by atoms with van der Waals surface area (Å²) in [7, 11) is 0. The Bertz CT molecular complexity index is 497. The van der Waals surface area contributed by atoms with Gasteiger partial charge in [0.25, 0.3) is 0 Å². The summed E-state index contributed by atoms with van der Waals surface area (Å²) in [5.41, 5.74) is 1.44. The summed E-state index contributed by atoms with van der Waals surface area (Å²) >= 11 is 0. The zero-order valence-corrected chi connectivity index (χ0v) is 9.68. The maximum Gasteiger partial charge on any atom is 0.205 e. The molecule has 1 unspecified atom stereocenters. The van der Waals surface area contributed by atoms with Crippen LogP contribution in [-0.4, -0.2) is 5.11 Å². The van der Waals surface area contributed by atoms with Crippen LogP contribution in [0.25, 0.3) is 0 Å². The molecule has 1 atom stereocenters. The lowest BCUT2D eigenvalue weighted by Gasteiger charge is -2.04. The number of aromatic nitrogens is 1. The largest absolute Gasteiger partial charge is 0.389 e. The van der Waals surface area contributed by atoms with E-state index >= 15 is 0 Å². The van der Waals surface area contributed by atoms with Crippen molar-refractivity contribution in [3.63, 3.8) is 0 Å². The van der Waals surface area contributed by atoms with Crippen molar-refractivity contribution in [1.82, 2.24) is 0 Å². The average molecular weight is 232 g/mol. The SMILES string of the molecule is CC(O)c1cc[n+](Cc2ccccc2)cc1F. The van der Waals surface area contributed by atoms with Gasteiger partial charge in [-0.15, -0.1) is 0 Å². The van der Waals surface area contributed by atoms with Gasteiger partial charge in [0.05, 0.1) is 6.10 Å². The van der Waals surface area contributed by atoms with Gasteiger partial charge in [-0.05, 0) is 6.92 Å². The second-order valence-electron chi connectivity index (χ2n) is 4.08. The Morgan fingerprint density at radius 3 is 2.53 bits per heavy atom. The number of aliphatic hydroxyl groups is 1. The number of aliphatic hydroxyl groups excluding tert-OH is 1. The molecule has 0 saturated heterocycles. The number of pyridine rings is 1. The summed E-state index contributed by atoms with van der Waals surface area (Å²) < 4.78 is 15.4. The van der Waals surface area contributed by atoms with Gasteiger partial charge in [0.1, 0.15) is 0 Å². The molecule has 2 nitrogen and oxygen atoms in total. The number of benzene rings is 1. The molecule has 1 aromatic heterocycles. The van der Waals surface area contributed by atoms with Crippen molar-refractivity contribution in [3.05, 3.63) is 65.7 Å². The maximum absolute atomic E-state index is 13.6. The third kappa shape index (κ3) is 2.88. The lowest BCUT2D eigenvalue weighted by molar-refractivity contribution is -0.689. The van der Waals surface area contributed by atoms with Crippen LogP contribution >= 0.6 is 0 Å². The Morgan fingerprint density at radius 1 is 1.24 bits per heavy atom. The zero-order chi connectivity index (χ0) is 12.3. The van der Waals surface area contributed by atoms with Crippen molar-refractivity contribution in [2.24, 2.45) is 0 Å². The minimum absolute atomic E-state index is 0.328. The first-order chi connectivity index (χ1) is 8.16. The summed E-state index contributed by atoms with van der Waals surface area (Å²) in [6, 6.07) is 11.5. The molecule has 0 saturated carbocycles. The molecule has 0 aliphatic carbocycles. The lowest BCUT2D eigenvalue weighted by atomic mass is 10.1. The molecule has 1 N–H and O–H groups in total. The van der Waals surface area contributed by atoms with E-state index in [1.807, 2.05) is 30.3 Å². The van der Waals surface area contributed by atoms with Gasteiger partial charge in [-0.3, -0.25) is 0 Å². The van der Waals surface area contributed by atoms with Crippen LogP contribution < -0.4 is 4.57 Å². The monoisotopic (exact) mass is 232 g/mol. The van der Waals surface area contributed by atoms with E-state index in [1.54, 1.807) is 23.8 Å². The van der Waals surface area contributed by atoms with Crippen molar-refractivity contribution in [3.8, 4) is 0 Å². The van der Waals surface area contributed by atoms with Gasteiger partial charge in [0.2, 0.25) is 6.20 Å². The van der Waals surface area contributed by atoms with Gasteiger partial charge >= 0.3 is 0 Å². The molecule has 0 bridgehead atoms. The molecule has 2 rings (SSSR count). The van der Waals surface area contributed by atoms with Crippen molar-refractivity contribution in [1.29, 1.82) is 0 Å². The molecule has 17 heavy (non-hydrogen) atoms. The molecule has 1 aromatic carbocycles. The predicted molar refractivity (Wildman–Crippen MR) is 62.8 cm³/mol. The highest BCUT2D eigenvalue weighted by Gasteiger charge is 2.13. The van der Waals surface area contributed by atoms with Crippen LogP contribution in [0.3, 0.4) is 0 Å². The third-order valence-electron chi connectivity index (χ3n) is 2.66. The maximum atomic E-state index is 13.6. The summed E-state index contributed by atoms with van der Waals surface area (Å²) in [5.74, 6) is -0.376. The average Bonchev–Trinajstić information content (AvgIpc) is 2.30. The van der Waals surface area contributed by atoms with E-state index in [1.165, 1.54) is 6.20 Å². The normalized spacial score (nSPS) is 12.4. The number of hydrogen-bond acceptors (Lipinski definition) is 1. The van der Waals surface area contributed by atoms with Crippen LogP contribution in [0.1, 0.15) is 24.2 Å². The highest BCUT2D eigenvalue weighted by molar-refractivity contribution is 5.14. The fraction of sp³-hybridized carbons (Fsp3) is 0.214. The predicted octanol–water partition coefficient (Wildman–Crippen LogP) is 2.21. The quantitative estimate of drug-likeness (QED) is 0.806. The molecule has 0 fully saturated rings. The van der Waals surface area contributed by atoms with E-state index in [-0.39, 0.29) is 5.82 Å². The van der Waals surface area contributed by atoms with E-state index in [0.717, 1.165) is 5.56 Å².